The van der Waals surface area contributed by atoms with E-state index in [1.54, 1.807) is 11.1 Å². The summed E-state index contributed by atoms with van der Waals surface area (Å²) >= 11 is 2.01. The maximum Gasteiger partial charge on any atom is 0.333 e. The van der Waals surface area contributed by atoms with Crippen LogP contribution in [0.15, 0.2) is 121 Å². The summed E-state index contributed by atoms with van der Waals surface area (Å²) < 4.78 is 2.80. The fourth-order valence-electron chi connectivity index (χ4n) is 13.8. The first-order chi connectivity index (χ1) is 30.9. The molecule has 4 heteroatoms. The Morgan fingerprint density at radius 1 is 0.594 bits per heavy atom. The molecule has 2 aliphatic carbocycles. The van der Waals surface area contributed by atoms with E-state index in [9.17, 15) is 0 Å². The van der Waals surface area contributed by atoms with Crippen molar-refractivity contribution in [3.05, 3.63) is 144 Å². The molecule has 318 valence electrons. The van der Waals surface area contributed by atoms with Gasteiger partial charge in [-0.15, -0.1) is 11.3 Å². The first-order valence-electron chi connectivity index (χ1n) is 24.4. The number of thiophene rings is 1. The van der Waals surface area contributed by atoms with E-state index >= 15 is 0 Å². The van der Waals surface area contributed by atoms with Gasteiger partial charge in [-0.2, -0.15) is 0 Å². The summed E-state index contributed by atoms with van der Waals surface area (Å²) in [6, 6.07) is 48.2. The highest BCUT2D eigenvalue weighted by Gasteiger charge is 2.62. The van der Waals surface area contributed by atoms with Crippen molar-refractivity contribution in [1.29, 1.82) is 0 Å². The maximum absolute atomic E-state index is 2.92. The molecule has 4 heterocycles. The van der Waals surface area contributed by atoms with Crippen LogP contribution >= 0.6 is 11.3 Å². The van der Waals surface area contributed by atoms with Gasteiger partial charge in [-0.25, -0.2) is 0 Å². The lowest BCUT2D eigenvalue weighted by molar-refractivity contribution is 0.195. The zero-order valence-electron chi connectivity index (χ0n) is 38.8. The SMILES string of the molecule is CCCCc1cc2c3c(c1)C1(C)CCCCC1(C)N3c1cc3ccccc3c3c1B2N(c1ccccc1-c1ccccc1)c1cc2c(cc1-3)sc1cc3c(cc12)C(C)(C)CCC3(C)C. The van der Waals surface area contributed by atoms with Crippen molar-refractivity contribution in [1.82, 2.24) is 0 Å². The Bertz CT molecular complexity index is 3280. The standard InChI is InChI=1S/C60H59BN2S/c1-8-9-19-37-30-47-56-48(31-37)61-55-51(62(56)60(7)27-18-17-26-59(47,60)6)32-39-22-13-14-24-41(39)54(55)44-35-52-43(42-33-45-46(36-53(42)64-52)58(4,5)29-28-57(45,2)3)34-50(44)63(61)49-25-16-15-23-40(49)38-20-11-10-12-21-38/h10-16,20-25,30-36H,8-9,17-19,26-29H2,1-7H3. The number of benzene rings is 7. The van der Waals surface area contributed by atoms with Crippen LogP contribution < -0.4 is 20.6 Å². The fourth-order valence-corrected chi connectivity index (χ4v) is 14.9. The summed E-state index contributed by atoms with van der Waals surface area (Å²) in [7, 11) is 0. The van der Waals surface area contributed by atoms with E-state index < -0.39 is 0 Å². The van der Waals surface area contributed by atoms with Crippen molar-refractivity contribution >= 4 is 82.8 Å². The smallest absolute Gasteiger partial charge is 0.333 e. The van der Waals surface area contributed by atoms with Gasteiger partial charge in [0.15, 0.2) is 0 Å². The van der Waals surface area contributed by atoms with Gasteiger partial charge in [0.1, 0.15) is 0 Å². The van der Waals surface area contributed by atoms with Gasteiger partial charge in [0, 0.05) is 59.5 Å². The topological polar surface area (TPSA) is 6.48 Å². The molecule has 2 atom stereocenters. The minimum absolute atomic E-state index is 0.0132. The third kappa shape index (κ3) is 5.10. The highest BCUT2D eigenvalue weighted by Crippen LogP contribution is 2.63. The summed E-state index contributed by atoms with van der Waals surface area (Å²) in [5, 5.41) is 5.50. The Labute approximate surface area is 384 Å². The Kier molecular flexibility index (Phi) is 8.17. The first kappa shape index (κ1) is 39.1. The summed E-state index contributed by atoms with van der Waals surface area (Å²) in [6.45, 7) is 17.5. The van der Waals surface area contributed by atoms with Crippen LogP contribution in [0.5, 0.6) is 0 Å². The molecule has 0 N–H and O–H groups in total. The Hall–Kier alpha value is -5.32. The number of unbranched alkanes of at least 4 members (excludes halogenated alkanes) is 1. The molecule has 1 saturated carbocycles. The number of anilines is 4. The van der Waals surface area contributed by atoms with Crippen LogP contribution in [-0.4, -0.2) is 12.4 Å². The molecule has 0 amide bonds. The molecule has 13 rings (SSSR count). The summed E-state index contributed by atoms with van der Waals surface area (Å²) in [4.78, 5) is 5.75. The molecule has 0 bridgehead atoms. The maximum atomic E-state index is 2.92. The monoisotopic (exact) mass is 850 g/mol. The third-order valence-corrected chi connectivity index (χ3v) is 18.7. The van der Waals surface area contributed by atoms with Crippen molar-refractivity contribution in [3.63, 3.8) is 0 Å². The van der Waals surface area contributed by atoms with Crippen LogP contribution in [0.1, 0.15) is 122 Å². The lowest BCUT2D eigenvalue weighted by Gasteiger charge is -2.53. The zero-order chi connectivity index (χ0) is 43.5. The van der Waals surface area contributed by atoms with Gasteiger partial charge in [0.25, 0.3) is 0 Å². The molecule has 8 aromatic rings. The van der Waals surface area contributed by atoms with Crippen LogP contribution in [0.4, 0.5) is 22.7 Å². The average Bonchev–Trinajstić information content (AvgIpc) is 3.76. The molecular weight excluding hydrogens is 792 g/mol. The van der Waals surface area contributed by atoms with E-state index in [2.05, 4.69) is 180 Å². The summed E-state index contributed by atoms with van der Waals surface area (Å²) in [6.07, 6.45) is 10.9. The van der Waals surface area contributed by atoms with E-state index in [1.165, 1.54) is 149 Å². The molecule has 5 aliphatic rings. The number of fused-ring (bicyclic) bond motifs is 13. The zero-order valence-corrected chi connectivity index (χ0v) is 39.6. The minimum atomic E-state index is -0.0317. The van der Waals surface area contributed by atoms with Gasteiger partial charge in [-0.1, -0.05) is 146 Å². The predicted octanol–water partition coefficient (Wildman–Crippen LogP) is 15.5. The number of nitrogens with zero attached hydrogens (tertiary/aromatic N) is 2. The molecule has 1 fully saturated rings. The normalized spacial score (nSPS) is 22.1. The van der Waals surface area contributed by atoms with Gasteiger partial charge >= 0.3 is 6.85 Å². The Balaban J connectivity index is 1.20. The third-order valence-electron chi connectivity index (χ3n) is 17.6. The van der Waals surface area contributed by atoms with Crippen LogP contribution in [0.25, 0.3) is 53.2 Å². The second-order valence-electron chi connectivity index (χ2n) is 22.0. The van der Waals surface area contributed by atoms with Crippen LogP contribution in [0.3, 0.4) is 0 Å². The first-order valence-corrected chi connectivity index (χ1v) is 25.3. The van der Waals surface area contributed by atoms with Crippen molar-refractivity contribution in [2.75, 3.05) is 9.71 Å². The molecule has 1 aromatic heterocycles. The van der Waals surface area contributed by atoms with E-state index in [-0.39, 0.29) is 28.6 Å². The van der Waals surface area contributed by atoms with Crippen LogP contribution in [0, 0.1) is 0 Å². The van der Waals surface area contributed by atoms with Gasteiger partial charge < -0.3 is 9.71 Å². The molecule has 64 heavy (non-hydrogen) atoms. The second-order valence-corrected chi connectivity index (χ2v) is 23.1. The second kappa shape index (κ2) is 13.4. The lowest BCUT2D eigenvalue weighted by atomic mass is 9.43. The number of hydrogen-bond donors (Lipinski definition) is 0. The minimum Gasteiger partial charge on any atom is -0.376 e. The van der Waals surface area contributed by atoms with Crippen molar-refractivity contribution in [2.24, 2.45) is 0 Å². The van der Waals surface area contributed by atoms with E-state index in [0.717, 1.165) is 6.42 Å². The molecule has 2 nitrogen and oxygen atoms in total. The van der Waals surface area contributed by atoms with Crippen LogP contribution in [0.2, 0.25) is 0 Å². The molecular formula is C60H59BN2S. The van der Waals surface area contributed by atoms with E-state index in [4.69, 9.17) is 0 Å². The highest BCUT2D eigenvalue weighted by molar-refractivity contribution is 7.25. The summed E-state index contributed by atoms with van der Waals surface area (Å²) in [5.41, 5.74) is 20.3. The quantitative estimate of drug-likeness (QED) is 0.159. The number of para-hydroxylation sites is 1. The number of rotatable bonds is 5. The van der Waals surface area contributed by atoms with Crippen molar-refractivity contribution < 1.29 is 0 Å². The molecule has 0 radical (unpaired) electrons. The predicted molar refractivity (Wildman–Crippen MR) is 278 cm³/mol. The van der Waals surface area contributed by atoms with Gasteiger partial charge in [0.05, 0.1) is 5.54 Å². The van der Waals surface area contributed by atoms with Crippen molar-refractivity contribution in [3.8, 4) is 22.3 Å². The average molecular weight is 851 g/mol. The molecule has 3 aliphatic heterocycles. The number of hydrogen-bond acceptors (Lipinski definition) is 3. The largest absolute Gasteiger partial charge is 0.376 e. The highest BCUT2D eigenvalue weighted by atomic mass is 32.1. The Morgan fingerprint density at radius 3 is 2.11 bits per heavy atom. The molecule has 2 unspecified atom stereocenters. The van der Waals surface area contributed by atoms with Gasteiger partial charge in [-0.3, -0.25) is 0 Å². The Morgan fingerprint density at radius 2 is 1.30 bits per heavy atom. The lowest BCUT2D eigenvalue weighted by Crippen LogP contribution is -2.64. The van der Waals surface area contributed by atoms with E-state index in [1.807, 2.05) is 11.3 Å². The van der Waals surface area contributed by atoms with Crippen LogP contribution in [-0.2, 0) is 22.7 Å². The number of aryl methyl sites for hydroxylation is 1. The molecule has 0 saturated heterocycles. The fraction of sp³-hybridized carbons (Fsp3) is 0.333. The van der Waals surface area contributed by atoms with Gasteiger partial charge in [0.2, 0.25) is 0 Å². The van der Waals surface area contributed by atoms with Crippen molar-refractivity contribution in [2.45, 2.75) is 128 Å². The van der Waals surface area contributed by atoms with E-state index in [0.29, 0.717) is 0 Å². The van der Waals surface area contributed by atoms with Gasteiger partial charge in [-0.05, 0) is 148 Å². The molecule has 7 aromatic carbocycles. The summed E-state index contributed by atoms with van der Waals surface area (Å²) in [5.74, 6) is 0. The molecule has 0 spiro atoms.